The summed E-state index contributed by atoms with van der Waals surface area (Å²) in [4.78, 5) is 4.12. The number of rotatable bonds is 5. The minimum Gasteiger partial charge on any atom is -0.381 e. The quantitative estimate of drug-likeness (QED) is 0.743. The van der Waals surface area contributed by atoms with Crippen molar-refractivity contribution in [3.8, 4) is 0 Å². The maximum atomic E-state index is 5.08. The lowest BCUT2D eigenvalue weighted by molar-refractivity contribution is 0.116. The molecule has 0 aliphatic carbocycles. The summed E-state index contributed by atoms with van der Waals surface area (Å²) in [6.45, 7) is 4.71. The van der Waals surface area contributed by atoms with Gasteiger partial charge in [0, 0.05) is 20.1 Å². The van der Waals surface area contributed by atoms with E-state index < -0.39 is 0 Å². The van der Waals surface area contributed by atoms with Crippen LogP contribution in [0.5, 0.6) is 0 Å². The largest absolute Gasteiger partial charge is 0.381 e. The fourth-order valence-corrected chi connectivity index (χ4v) is 0.900. The Bertz CT molecular complexity index is 249. The molecule has 0 saturated carbocycles. The van der Waals surface area contributed by atoms with Gasteiger partial charge in [-0.15, -0.1) is 0 Å². The lowest BCUT2D eigenvalue weighted by Gasteiger charge is -2.03. The predicted octanol–water partition coefficient (Wildman–Crippen LogP) is 1.08. The van der Waals surface area contributed by atoms with E-state index in [-0.39, 0.29) is 6.10 Å². The van der Waals surface area contributed by atoms with Crippen LogP contribution < -0.4 is 5.32 Å². The van der Waals surface area contributed by atoms with Crippen LogP contribution in [0.1, 0.15) is 19.7 Å². The normalized spacial score (nSPS) is 12.8. The summed E-state index contributed by atoms with van der Waals surface area (Å²) in [7, 11) is 1.66. The van der Waals surface area contributed by atoms with Crippen LogP contribution in [0.15, 0.2) is 4.52 Å². The van der Waals surface area contributed by atoms with E-state index in [1.165, 1.54) is 0 Å². The third-order valence-electron chi connectivity index (χ3n) is 1.67. The van der Waals surface area contributed by atoms with Gasteiger partial charge in [0.15, 0.2) is 5.82 Å². The van der Waals surface area contributed by atoms with Crippen LogP contribution in [-0.2, 0) is 11.2 Å². The first kappa shape index (κ1) is 9.98. The maximum Gasteiger partial charge on any atom is 0.321 e. The molecule has 1 aromatic rings. The Labute approximate surface area is 77.5 Å². The minimum absolute atomic E-state index is 0.118. The first-order chi connectivity index (χ1) is 6.26. The van der Waals surface area contributed by atoms with Crippen LogP contribution in [-0.4, -0.2) is 29.9 Å². The molecule has 0 fully saturated rings. The van der Waals surface area contributed by atoms with Gasteiger partial charge in [0.25, 0.3) is 0 Å². The van der Waals surface area contributed by atoms with Crippen molar-refractivity contribution >= 4 is 6.01 Å². The molecule has 1 atom stereocenters. The van der Waals surface area contributed by atoms with Crippen molar-refractivity contribution in [2.45, 2.75) is 26.4 Å². The Morgan fingerprint density at radius 2 is 2.38 bits per heavy atom. The van der Waals surface area contributed by atoms with E-state index in [0.29, 0.717) is 18.3 Å². The summed E-state index contributed by atoms with van der Waals surface area (Å²) in [5, 5.41) is 6.73. The van der Waals surface area contributed by atoms with Gasteiger partial charge in [-0.05, 0) is 13.8 Å². The van der Waals surface area contributed by atoms with E-state index in [0.717, 1.165) is 6.54 Å². The molecule has 0 aromatic carbocycles. The van der Waals surface area contributed by atoms with Crippen molar-refractivity contribution in [3.63, 3.8) is 0 Å². The summed E-state index contributed by atoms with van der Waals surface area (Å²) < 4.78 is 10.0. The lowest BCUT2D eigenvalue weighted by atomic mass is 10.3. The molecule has 1 aromatic heterocycles. The van der Waals surface area contributed by atoms with Crippen LogP contribution in [0.2, 0.25) is 0 Å². The Balaban J connectivity index is 2.48. The standard InChI is InChI=1S/C8H15N3O2/c1-4-9-8-10-7(11-13-8)5-6(2)12-3/h6H,4-5H2,1-3H3,(H,9,10,11). The highest BCUT2D eigenvalue weighted by Crippen LogP contribution is 2.05. The Kier molecular flexibility index (Phi) is 3.70. The van der Waals surface area contributed by atoms with Crippen LogP contribution >= 0.6 is 0 Å². The molecule has 74 valence electrons. The summed E-state index contributed by atoms with van der Waals surface area (Å²) in [6, 6.07) is 0.473. The number of aromatic nitrogens is 2. The third kappa shape index (κ3) is 3.02. The molecule has 0 spiro atoms. The molecule has 5 heteroatoms. The zero-order chi connectivity index (χ0) is 9.68. The van der Waals surface area contributed by atoms with E-state index in [1.54, 1.807) is 7.11 Å². The topological polar surface area (TPSA) is 60.2 Å². The SMILES string of the molecule is CCNc1nc(CC(C)OC)no1. The maximum absolute atomic E-state index is 5.08. The highest BCUT2D eigenvalue weighted by Gasteiger charge is 2.08. The number of nitrogens with zero attached hydrogens (tertiary/aromatic N) is 2. The zero-order valence-corrected chi connectivity index (χ0v) is 8.20. The number of anilines is 1. The second kappa shape index (κ2) is 4.81. The van der Waals surface area contributed by atoms with Crippen LogP contribution in [0, 0.1) is 0 Å². The predicted molar refractivity (Wildman–Crippen MR) is 48.6 cm³/mol. The number of ether oxygens (including phenoxy) is 1. The fraction of sp³-hybridized carbons (Fsp3) is 0.750. The van der Waals surface area contributed by atoms with E-state index in [9.17, 15) is 0 Å². The molecule has 1 N–H and O–H groups in total. The van der Waals surface area contributed by atoms with Gasteiger partial charge in [-0.25, -0.2) is 0 Å². The van der Waals surface area contributed by atoms with Gasteiger partial charge < -0.3 is 14.6 Å². The number of methoxy groups -OCH3 is 1. The van der Waals surface area contributed by atoms with E-state index >= 15 is 0 Å². The van der Waals surface area contributed by atoms with E-state index in [2.05, 4.69) is 15.5 Å². The summed E-state index contributed by atoms with van der Waals surface area (Å²) >= 11 is 0. The van der Waals surface area contributed by atoms with Gasteiger partial charge in [-0.1, -0.05) is 5.16 Å². The van der Waals surface area contributed by atoms with Gasteiger partial charge in [0.1, 0.15) is 0 Å². The number of hydrogen-bond donors (Lipinski definition) is 1. The second-order valence-corrected chi connectivity index (χ2v) is 2.80. The van der Waals surface area contributed by atoms with Crippen molar-refractivity contribution in [1.82, 2.24) is 10.1 Å². The third-order valence-corrected chi connectivity index (χ3v) is 1.67. The van der Waals surface area contributed by atoms with Gasteiger partial charge in [-0.3, -0.25) is 0 Å². The smallest absolute Gasteiger partial charge is 0.321 e. The molecule has 5 nitrogen and oxygen atoms in total. The molecule has 0 radical (unpaired) electrons. The first-order valence-corrected chi connectivity index (χ1v) is 4.35. The molecule has 1 unspecified atom stereocenters. The van der Waals surface area contributed by atoms with Crippen LogP contribution in [0.4, 0.5) is 6.01 Å². The second-order valence-electron chi connectivity index (χ2n) is 2.80. The fourth-order valence-electron chi connectivity index (χ4n) is 0.900. The van der Waals surface area contributed by atoms with Crippen molar-refractivity contribution in [2.24, 2.45) is 0 Å². The molecule has 0 amide bonds. The summed E-state index contributed by atoms with van der Waals surface area (Å²) in [6.07, 6.45) is 0.790. The average Bonchev–Trinajstić information content (AvgIpc) is 2.53. The molecular formula is C8H15N3O2. The number of nitrogens with one attached hydrogen (secondary N) is 1. The molecule has 1 heterocycles. The van der Waals surface area contributed by atoms with Gasteiger partial charge in [0.2, 0.25) is 0 Å². The number of hydrogen-bond acceptors (Lipinski definition) is 5. The van der Waals surface area contributed by atoms with Gasteiger partial charge in [0.05, 0.1) is 6.10 Å². The Hall–Kier alpha value is -1.10. The molecule has 0 aliphatic rings. The summed E-state index contributed by atoms with van der Waals surface area (Å²) in [5.74, 6) is 0.672. The minimum atomic E-state index is 0.118. The first-order valence-electron chi connectivity index (χ1n) is 4.35. The van der Waals surface area contributed by atoms with Gasteiger partial charge in [-0.2, -0.15) is 4.98 Å². The Morgan fingerprint density at radius 3 is 3.00 bits per heavy atom. The van der Waals surface area contributed by atoms with Crippen molar-refractivity contribution in [2.75, 3.05) is 19.0 Å². The monoisotopic (exact) mass is 185 g/mol. The van der Waals surface area contributed by atoms with E-state index in [4.69, 9.17) is 9.26 Å². The van der Waals surface area contributed by atoms with Crippen molar-refractivity contribution in [1.29, 1.82) is 0 Å². The molecule has 0 bridgehead atoms. The highest BCUT2D eigenvalue weighted by molar-refractivity contribution is 5.17. The molecule has 13 heavy (non-hydrogen) atoms. The highest BCUT2D eigenvalue weighted by atomic mass is 16.5. The molecule has 1 rings (SSSR count). The molecular weight excluding hydrogens is 170 g/mol. The summed E-state index contributed by atoms with van der Waals surface area (Å²) in [5.41, 5.74) is 0. The van der Waals surface area contributed by atoms with Crippen LogP contribution in [0.3, 0.4) is 0 Å². The zero-order valence-electron chi connectivity index (χ0n) is 8.20. The average molecular weight is 185 g/mol. The van der Waals surface area contributed by atoms with Crippen molar-refractivity contribution < 1.29 is 9.26 Å². The lowest BCUT2D eigenvalue weighted by Crippen LogP contribution is -2.09. The van der Waals surface area contributed by atoms with Gasteiger partial charge >= 0.3 is 6.01 Å². The van der Waals surface area contributed by atoms with Crippen molar-refractivity contribution in [3.05, 3.63) is 5.82 Å². The molecule has 0 aliphatic heterocycles. The van der Waals surface area contributed by atoms with Crippen LogP contribution in [0.25, 0.3) is 0 Å². The Morgan fingerprint density at radius 1 is 1.62 bits per heavy atom. The van der Waals surface area contributed by atoms with E-state index in [1.807, 2.05) is 13.8 Å². The molecule has 0 saturated heterocycles.